The van der Waals surface area contributed by atoms with E-state index in [4.69, 9.17) is 0 Å². The van der Waals surface area contributed by atoms with Crippen molar-refractivity contribution in [3.63, 3.8) is 0 Å². The Kier molecular flexibility index (Phi) is 5.92. The minimum atomic E-state index is -3.91. The lowest BCUT2D eigenvalue weighted by Crippen LogP contribution is -2.40. The predicted molar refractivity (Wildman–Crippen MR) is 112 cm³/mol. The van der Waals surface area contributed by atoms with Gasteiger partial charge in [-0.25, -0.2) is 13.1 Å². The summed E-state index contributed by atoms with van der Waals surface area (Å²) in [6, 6.07) is 7.35. The van der Waals surface area contributed by atoms with Gasteiger partial charge in [0.05, 0.1) is 14.7 Å². The van der Waals surface area contributed by atoms with E-state index in [9.17, 15) is 18.5 Å². The minimum absolute atomic E-state index is 0.177. The molecule has 12 heteroatoms. The molecule has 2 heterocycles. The van der Waals surface area contributed by atoms with E-state index in [1.807, 2.05) is 0 Å². The van der Waals surface area contributed by atoms with Crippen molar-refractivity contribution in [1.29, 1.82) is 0 Å². The van der Waals surface area contributed by atoms with E-state index in [0.717, 1.165) is 23.4 Å². The van der Waals surface area contributed by atoms with Crippen LogP contribution in [0.25, 0.3) is 11.4 Å². The van der Waals surface area contributed by atoms with Crippen molar-refractivity contribution < 1.29 is 13.3 Å². The third kappa shape index (κ3) is 4.83. The first-order valence-corrected chi connectivity index (χ1v) is 11.1. The van der Waals surface area contributed by atoms with Gasteiger partial charge in [-0.3, -0.25) is 15.1 Å². The zero-order chi connectivity index (χ0) is 22.1. The fraction of sp³-hybridized carbons (Fsp3) is 0.278. The van der Waals surface area contributed by atoms with Crippen molar-refractivity contribution in [2.75, 3.05) is 0 Å². The largest absolute Gasteiger partial charge is 0.305 e. The molecule has 0 bridgehead atoms. The van der Waals surface area contributed by atoms with Crippen LogP contribution in [0.1, 0.15) is 20.8 Å². The Hall–Kier alpha value is -2.83. The lowest BCUT2D eigenvalue weighted by atomic mass is 10.1. The van der Waals surface area contributed by atoms with Crippen molar-refractivity contribution in [1.82, 2.24) is 24.5 Å². The van der Waals surface area contributed by atoms with Crippen LogP contribution in [0.4, 0.5) is 5.69 Å². The Morgan fingerprint density at radius 2 is 1.80 bits per heavy atom. The number of pyridine rings is 1. The van der Waals surface area contributed by atoms with Gasteiger partial charge in [0.25, 0.3) is 5.69 Å². The number of aromatic nitrogens is 4. The maximum absolute atomic E-state index is 12.5. The first kappa shape index (κ1) is 21.9. The summed E-state index contributed by atoms with van der Waals surface area (Å²) in [6.45, 7) is 5.08. The van der Waals surface area contributed by atoms with E-state index >= 15 is 0 Å². The predicted octanol–water partition coefficient (Wildman–Crippen LogP) is 3.01. The number of nitro benzene ring substituents is 1. The van der Waals surface area contributed by atoms with Crippen molar-refractivity contribution in [2.45, 2.75) is 41.3 Å². The molecule has 3 rings (SSSR count). The summed E-state index contributed by atoms with van der Waals surface area (Å²) < 4.78 is 29.3. The van der Waals surface area contributed by atoms with Crippen LogP contribution in [-0.4, -0.2) is 38.6 Å². The maximum Gasteiger partial charge on any atom is 0.284 e. The second-order valence-corrected chi connectivity index (χ2v) is 10.1. The van der Waals surface area contributed by atoms with Crippen LogP contribution in [0.5, 0.6) is 0 Å². The monoisotopic (exact) mass is 448 g/mol. The topological polar surface area (TPSA) is 133 Å². The molecule has 2 aromatic heterocycles. The van der Waals surface area contributed by atoms with E-state index in [1.165, 1.54) is 12.1 Å². The molecule has 10 nitrogen and oxygen atoms in total. The number of hydrogen-bond donors (Lipinski definition) is 1. The first-order chi connectivity index (χ1) is 14.0. The number of nitro groups is 1. The zero-order valence-corrected chi connectivity index (χ0v) is 18.4. The molecular formula is C18H20N6O4S2. The lowest BCUT2D eigenvalue weighted by Gasteiger charge is -2.20. The number of benzene rings is 1. The van der Waals surface area contributed by atoms with Gasteiger partial charge in [-0.1, -0.05) is 0 Å². The van der Waals surface area contributed by atoms with Gasteiger partial charge in [0.1, 0.15) is 0 Å². The van der Waals surface area contributed by atoms with Gasteiger partial charge in [0, 0.05) is 36.6 Å². The molecule has 0 aliphatic carbocycles. The van der Waals surface area contributed by atoms with Crippen LogP contribution in [-0.2, 0) is 17.1 Å². The van der Waals surface area contributed by atoms with Crippen LogP contribution in [0, 0.1) is 10.1 Å². The zero-order valence-electron chi connectivity index (χ0n) is 16.7. The molecule has 0 saturated carbocycles. The van der Waals surface area contributed by atoms with Crippen LogP contribution in [0.3, 0.4) is 0 Å². The summed E-state index contributed by atoms with van der Waals surface area (Å²) in [4.78, 5) is 15.0. The molecule has 0 aliphatic heterocycles. The molecule has 0 fully saturated rings. The lowest BCUT2D eigenvalue weighted by molar-refractivity contribution is -0.388. The maximum atomic E-state index is 12.5. The van der Waals surface area contributed by atoms with E-state index in [1.54, 1.807) is 56.9 Å². The molecule has 1 N–H and O–H groups in total. The van der Waals surface area contributed by atoms with Crippen LogP contribution >= 0.6 is 11.8 Å². The Labute approximate surface area is 178 Å². The van der Waals surface area contributed by atoms with Gasteiger partial charge in [-0.05, 0) is 56.8 Å². The molecule has 0 saturated heterocycles. The normalized spacial score (nSPS) is 12.1. The molecule has 0 amide bonds. The highest BCUT2D eigenvalue weighted by Gasteiger charge is 2.26. The number of nitrogens with zero attached hydrogens (tertiary/aromatic N) is 5. The second kappa shape index (κ2) is 8.13. The highest BCUT2D eigenvalue weighted by molar-refractivity contribution is 7.99. The summed E-state index contributed by atoms with van der Waals surface area (Å²) in [5, 5.41) is 20.3. The molecule has 3 aromatic rings. The van der Waals surface area contributed by atoms with Crippen molar-refractivity contribution in [3.05, 3.63) is 52.8 Å². The van der Waals surface area contributed by atoms with Crippen molar-refractivity contribution >= 4 is 27.5 Å². The average molecular weight is 449 g/mol. The van der Waals surface area contributed by atoms with Gasteiger partial charge in [0.2, 0.25) is 10.0 Å². The third-order valence-corrected chi connectivity index (χ3v) is 6.71. The van der Waals surface area contributed by atoms with E-state index in [2.05, 4.69) is 19.9 Å². The summed E-state index contributed by atoms with van der Waals surface area (Å²) in [5.41, 5.74) is -0.246. The standard InChI is InChI=1S/C18H20N6O4S2/c1-18(2,3)22-30(27,28)13-5-6-15(14(11-13)24(25)26)29-17-21-20-16(23(17)4)12-7-9-19-10-8-12/h5-11,22H,1-4H3. The molecule has 158 valence electrons. The van der Waals surface area contributed by atoms with Gasteiger partial charge in [-0.15, -0.1) is 10.2 Å². The molecule has 30 heavy (non-hydrogen) atoms. The van der Waals surface area contributed by atoms with Crippen LogP contribution < -0.4 is 4.72 Å². The van der Waals surface area contributed by atoms with E-state index in [0.29, 0.717) is 11.0 Å². The molecule has 0 unspecified atom stereocenters. The Morgan fingerprint density at radius 3 is 2.40 bits per heavy atom. The number of hydrogen-bond acceptors (Lipinski definition) is 8. The van der Waals surface area contributed by atoms with Crippen molar-refractivity contribution in [2.24, 2.45) is 7.05 Å². The SMILES string of the molecule is Cn1c(Sc2ccc(S(=O)(=O)NC(C)(C)C)cc2[N+](=O)[O-])nnc1-c1ccncc1. The molecule has 0 spiro atoms. The van der Waals surface area contributed by atoms with Gasteiger partial charge in [-0.2, -0.15) is 0 Å². The molecule has 1 aromatic carbocycles. The average Bonchev–Trinajstić information content (AvgIpc) is 3.01. The second-order valence-electron chi connectivity index (χ2n) is 7.45. The highest BCUT2D eigenvalue weighted by Crippen LogP contribution is 2.36. The molecule has 0 radical (unpaired) electrons. The summed E-state index contributed by atoms with van der Waals surface area (Å²) in [6.07, 6.45) is 3.26. The fourth-order valence-electron chi connectivity index (χ4n) is 2.61. The van der Waals surface area contributed by atoms with Gasteiger partial charge < -0.3 is 4.57 Å². The Bertz CT molecular complexity index is 1190. The molecule has 0 aliphatic rings. The number of rotatable bonds is 6. The molecule has 0 atom stereocenters. The minimum Gasteiger partial charge on any atom is -0.305 e. The van der Waals surface area contributed by atoms with Crippen LogP contribution in [0.15, 0.2) is 57.7 Å². The Balaban J connectivity index is 1.96. The summed E-state index contributed by atoms with van der Waals surface area (Å²) >= 11 is 1.03. The molecular weight excluding hydrogens is 428 g/mol. The summed E-state index contributed by atoms with van der Waals surface area (Å²) in [7, 11) is -2.16. The Morgan fingerprint density at radius 1 is 1.13 bits per heavy atom. The van der Waals surface area contributed by atoms with Gasteiger partial charge >= 0.3 is 0 Å². The number of sulfonamides is 1. The fourth-order valence-corrected chi connectivity index (χ4v) is 4.92. The number of nitrogens with one attached hydrogen (secondary N) is 1. The summed E-state index contributed by atoms with van der Waals surface area (Å²) in [5.74, 6) is 0.580. The van der Waals surface area contributed by atoms with Crippen molar-refractivity contribution in [3.8, 4) is 11.4 Å². The first-order valence-electron chi connectivity index (χ1n) is 8.78. The van der Waals surface area contributed by atoms with E-state index < -0.39 is 20.5 Å². The van der Waals surface area contributed by atoms with Gasteiger partial charge in [0.15, 0.2) is 11.0 Å². The third-order valence-electron chi connectivity index (χ3n) is 3.85. The quantitative estimate of drug-likeness (QED) is 0.449. The van der Waals surface area contributed by atoms with Crippen LogP contribution in [0.2, 0.25) is 0 Å². The smallest absolute Gasteiger partial charge is 0.284 e. The highest BCUT2D eigenvalue weighted by atomic mass is 32.2. The van der Waals surface area contributed by atoms with E-state index in [-0.39, 0.29) is 15.5 Å².